The summed E-state index contributed by atoms with van der Waals surface area (Å²) in [5, 5.41) is 3.83. The minimum atomic E-state index is -0.389. The van der Waals surface area contributed by atoms with Gasteiger partial charge in [-0.2, -0.15) is 4.98 Å². The van der Waals surface area contributed by atoms with E-state index < -0.39 is 0 Å². The van der Waals surface area contributed by atoms with E-state index in [0.717, 1.165) is 53.9 Å². The lowest BCUT2D eigenvalue weighted by atomic mass is 10.0. The Bertz CT molecular complexity index is 1110. The number of benzene rings is 2. The highest BCUT2D eigenvalue weighted by Gasteiger charge is 2.19. The number of aromatic nitrogens is 2. The second kappa shape index (κ2) is 8.69. The van der Waals surface area contributed by atoms with Crippen LogP contribution in [0.4, 0.5) is 11.5 Å². The van der Waals surface area contributed by atoms with Crippen molar-refractivity contribution in [2.45, 2.75) is 45.6 Å². The molecule has 156 valence electrons. The van der Waals surface area contributed by atoms with E-state index in [1.54, 1.807) is 0 Å². The predicted molar refractivity (Wildman–Crippen MR) is 121 cm³/mol. The highest BCUT2D eigenvalue weighted by molar-refractivity contribution is 5.94. The van der Waals surface area contributed by atoms with E-state index in [9.17, 15) is 9.59 Å². The maximum absolute atomic E-state index is 12.9. The van der Waals surface area contributed by atoms with Crippen LogP contribution in [-0.2, 0) is 11.3 Å². The van der Waals surface area contributed by atoms with Crippen LogP contribution in [0.25, 0.3) is 10.9 Å². The molecule has 1 N–H and O–H groups in total. The fourth-order valence-electron chi connectivity index (χ4n) is 4.03. The van der Waals surface area contributed by atoms with Gasteiger partial charge in [0, 0.05) is 24.2 Å². The summed E-state index contributed by atoms with van der Waals surface area (Å²) in [4.78, 5) is 32.2. The van der Waals surface area contributed by atoms with Crippen LogP contribution in [0.1, 0.15) is 44.6 Å². The Morgan fingerprint density at radius 1 is 1.07 bits per heavy atom. The van der Waals surface area contributed by atoms with E-state index in [0.29, 0.717) is 5.92 Å². The molecule has 2 heterocycles. The highest BCUT2D eigenvalue weighted by atomic mass is 16.2. The number of nitrogens with zero attached hydrogens (tertiary/aromatic N) is 3. The first-order chi connectivity index (χ1) is 14.5. The normalized spacial score (nSPS) is 14.3. The zero-order chi connectivity index (χ0) is 21.1. The molecule has 1 aliphatic rings. The van der Waals surface area contributed by atoms with Crippen molar-refractivity contribution in [3.8, 4) is 0 Å². The van der Waals surface area contributed by atoms with Gasteiger partial charge in [0.2, 0.25) is 5.91 Å². The molecule has 0 atom stereocenters. The molecular weight excluding hydrogens is 376 g/mol. The standard InChI is InChI=1S/C24H28N4O2/c1-17(2)18-9-8-10-19(15-18)25-22(29)16-28-21-12-5-4-11-20(21)23(26-24(28)30)27-13-6-3-7-14-27/h4-5,8-12,15,17H,3,6-7,13-14,16H2,1-2H3,(H,25,29). The first-order valence-electron chi connectivity index (χ1n) is 10.7. The van der Waals surface area contributed by atoms with Gasteiger partial charge in [0.15, 0.2) is 0 Å². The van der Waals surface area contributed by atoms with Crippen LogP contribution >= 0.6 is 0 Å². The molecule has 0 aliphatic carbocycles. The van der Waals surface area contributed by atoms with Gasteiger partial charge in [-0.3, -0.25) is 9.36 Å². The summed E-state index contributed by atoms with van der Waals surface area (Å²) in [6.45, 7) is 5.98. The van der Waals surface area contributed by atoms with E-state index in [4.69, 9.17) is 0 Å². The number of piperidine rings is 1. The third kappa shape index (κ3) is 4.22. The van der Waals surface area contributed by atoms with Gasteiger partial charge in [-0.25, -0.2) is 4.79 Å². The molecule has 6 heteroatoms. The third-order valence-corrected chi connectivity index (χ3v) is 5.66. The van der Waals surface area contributed by atoms with E-state index >= 15 is 0 Å². The van der Waals surface area contributed by atoms with E-state index in [-0.39, 0.29) is 18.1 Å². The number of nitrogens with one attached hydrogen (secondary N) is 1. The number of rotatable bonds is 5. The van der Waals surface area contributed by atoms with Gasteiger partial charge < -0.3 is 10.2 Å². The van der Waals surface area contributed by atoms with E-state index in [1.807, 2.05) is 48.5 Å². The summed E-state index contributed by atoms with van der Waals surface area (Å²) in [5.74, 6) is 0.868. The molecule has 0 spiro atoms. The number of fused-ring (bicyclic) bond motifs is 1. The highest BCUT2D eigenvalue weighted by Crippen LogP contribution is 2.25. The van der Waals surface area contributed by atoms with Gasteiger partial charge in [-0.15, -0.1) is 0 Å². The van der Waals surface area contributed by atoms with Crippen molar-refractivity contribution in [3.63, 3.8) is 0 Å². The zero-order valence-corrected chi connectivity index (χ0v) is 17.6. The second-order valence-electron chi connectivity index (χ2n) is 8.20. The molecule has 1 fully saturated rings. The molecule has 1 aliphatic heterocycles. The van der Waals surface area contributed by atoms with Crippen molar-refractivity contribution < 1.29 is 4.79 Å². The monoisotopic (exact) mass is 404 g/mol. The van der Waals surface area contributed by atoms with Crippen LogP contribution in [0.5, 0.6) is 0 Å². The molecule has 0 unspecified atom stereocenters. The molecule has 30 heavy (non-hydrogen) atoms. The van der Waals surface area contributed by atoms with Gasteiger partial charge in [0.05, 0.1) is 5.52 Å². The van der Waals surface area contributed by atoms with Crippen LogP contribution < -0.4 is 15.9 Å². The number of carbonyl (C=O) groups excluding carboxylic acids is 1. The maximum atomic E-state index is 12.9. The molecule has 1 saturated heterocycles. The molecule has 2 aromatic carbocycles. The molecular formula is C24H28N4O2. The Morgan fingerprint density at radius 3 is 2.60 bits per heavy atom. The third-order valence-electron chi connectivity index (χ3n) is 5.66. The van der Waals surface area contributed by atoms with E-state index in [1.165, 1.54) is 11.0 Å². The quantitative estimate of drug-likeness (QED) is 0.694. The number of para-hydroxylation sites is 1. The Kier molecular flexibility index (Phi) is 5.84. The van der Waals surface area contributed by atoms with Crippen LogP contribution in [0, 0.1) is 0 Å². The summed E-state index contributed by atoms with van der Waals surface area (Å²) >= 11 is 0. The summed E-state index contributed by atoms with van der Waals surface area (Å²) < 4.78 is 1.46. The van der Waals surface area contributed by atoms with E-state index in [2.05, 4.69) is 29.0 Å². The Balaban J connectivity index is 1.63. The average molecular weight is 405 g/mol. The minimum Gasteiger partial charge on any atom is -0.356 e. The smallest absolute Gasteiger partial charge is 0.350 e. The first kappa shape index (κ1) is 20.1. The summed E-state index contributed by atoms with van der Waals surface area (Å²) in [6, 6.07) is 15.5. The second-order valence-corrected chi connectivity index (χ2v) is 8.20. The van der Waals surface area contributed by atoms with Gasteiger partial charge in [-0.1, -0.05) is 38.1 Å². The summed E-state index contributed by atoms with van der Waals surface area (Å²) in [7, 11) is 0. The molecule has 0 saturated carbocycles. The van der Waals surface area contributed by atoms with Gasteiger partial charge >= 0.3 is 5.69 Å². The first-order valence-corrected chi connectivity index (χ1v) is 10.7. The number of hydrogen-bond acceptors (Lipinski definition) is 4. The molecule has 4 rings (SSSR count). The fourth-order valence-corrected chi connectivity index (χ4v) is 4.03. The molecule has 1 aromatic heterocycles. The maximum Gasteiger partial charge on any atom is 0.350 e. The van der Waals surface area contributed by atoms with Crippen molar-refractivity contribution >= 4 is 28.3 Å². The number of anilines is 2. The SMILES string of the molecule is CC(C)c1cccc(NC(=O)Cn2c(=O)nc(N3CCCCC3)c3ccccc32)c1. The van der Waals surface area contributed by atoms with Gasteiger partial charge in [-0.05, 0) is 55.0 Å². The molecule has 0 radical (unpaired) electrons. The van der Waals surface area contributed by atoms with Gasteiger partial charge in [0.1, 0.15) is 12.4 Å². The van der Waals surface area contributed by atoms with Crippen molar-refractivity contribution in [3.05, 3.63) is 64.6 Å². The molecule has 6 nitrogen and oxygen atoms in total. The fraction of sp³-hybridized carbons (Fsp3) is 0.375. The molecule has 1 amide bonds. The minimum absolute atomic E-state index is 0.0709. The average Bonchev–Trinajstić information content (AvgIpc) is 2.76. The Morgan fingerprint density at radius 2 is 1.83 bits per heavy atom. The zero-order valence-electron chi connectivity index (χ0n) is 17.6. The van der Waals surface area contributed by atoms with Crippen molar-refractivity contribution in [1.29, 1.82) is 0 Å². The topological polar surface area (TPSA) is 67.2 Å². The lowest BCUT2D eigenvalue weighted by molar-refractivity contribution is -0.116. The summed E-state index contributed by atoms with van der Waals surface area (Å²) in [5.41, 5.74) is 2.24. The number of amides is 1. The lowest BCUT2D eigenvalue weighted by Gasteiger charge is -2.28. The van der Waals surface area contributed by atoms with Crippen molar-refractivity contribution in [2.75, 3.05) is 23.3 Å². The Labute approximate surface area is 176 Å². The molecule has 0 bridgehead atoms. The number of carbonyl (C=O) groups is 1. The summed E-state index contributed by atoms with van der Waals surface area (Å²) in [6.07, 6.45) is 3.43. The lowest BCUT2D eigenvalue weighted by Crippen LogP contribution is -2.35. The van der Waals surface area contributed by atoms with Crippen molar-refractivity contribution in [1.82, 2.24) is 9.55 Å². The number of hydrogen-bond donors (Lipinski definition) is 1. The van der Waals surface area contributed by atoms with Crippen molar-refractivity contribution in [2.24, 2.45) is 0 Å². The Hall–Kier alpha value is -3.15. The van der Waals surface area contributed by atoms with Crippen LogP contribution in [0.15, 0.2) is 53.3 Å². The van der Waals surface area contributed by atoms with Crippen LogP contribution in [0.2, 0.25) is 0 Å². The largest absolute Gasteiger partial charge is 0.356 e. The van der Waals surface area contributed by atoms with Crippen LogP contribution in [0.3, 0.4) is 0 Å². The van der Waals surface area contributed by atoms with Gasteiger partial charge in [0.25, 0.3) is 0 Å². The molecule has 3 aromatic rings. The van der Waals surface area contributed by atoms with Crippen LogP contribution in [-0.4, -0.2) is 28.5 Å². The predicted octanol–water partition coefficient (Wildman–Crippen LogP) is 4.15.